The molecule has 0 aromatic heterocycles. The number of hydrogen-bond acceptors (Lipinski definition) is 4. The molecular formula is C23H28ClN3O3S. The lowest BCUT2D eigenvalue weighted by Crippen LogP contribution is -2.48. The van der Waals surface area contributed by atoms with E-state index in [-0.39, 0.29) is 5.91 Å². The molecule has 4 rings (SSSR count). The van der Waals surface area contributed by atoms with Crippen LogP contribution in [-0.2, 0) is 21.2 Å². The predicted octanol–water partition coefficient (Wildman–Crippen LogP) is 3.85. The lowest BCUT2D eigenvalue weighted by atomic mass is 10.1. The van der Waals surface area contributed by atoms with Crippen LogP contribution in [0.4, 0.5) is 11.4 Å². The minimum Gasteiger partial charge on any atom is -0.369 e. The smallest absolute Gasteiger partial charge is 0.243 e. The van der Waals surface area contributed by atoms with Crippen LogP contribution in [0.25, 0.3) is 0 Å². The fraction of sp³-hybridized carbons (Fsp3) is 0.435. The first kappa shape index (κ1) is 22.1. The summed E-state index contributed by atoms with van der Waals surface area (Å²) in [5.41, 5.74) is 3.96. The third-order valence-electron chi connectivity index (χ3n) is 6.10. The second-order valence-corrected chi connectivity index (χ2v) is 10.5. The summed E-state index contributed by atoms with van der Waals surface area (Å²) in [5, 5.41) is 0.681. The maximum absolute atomic E-state index is 13.3. The number of carbonyl (C=O) groups excluding carboxylic acids is 1. The van der Waals surface area contributed by atoms with E-state index in [1.54, 1.807) is 27.4 Å². The number of nitrogens with zero attached hydrogens (tertiary/aromatic N) is 3. The molecular weight excluding hydrogens is 434 g/mol. The van der Waals surface area contributed by atoms with Crippen LogP contribution >= 0.6 is 11.6 Å². The quantitative estimate of drug-likeness (QED) is 0.678. The van der Waals surface area contributed by atoms with Crippen LogP contribution in [0, 0.1) is 6.92 Å². The average molecular weight is 462 g/mol. The van der Waals surface area contributed by atoms with E-state index in [2.05, 4.69) is 4.90 Å². The number of sulfonamides is 1. The van der Waals surface area contributed by atoms with Crippen molar-refractivity contribution >= 4 is 38.9 Å². The second kappa shape index (κ2) is 8.81. The number of hydrogen-bond donors (Lipinski definition) is 0. The van der Waals surface area contributed by atoms with Gasteiger partial charge in [-0.3, -0.25) is 4.79 Å². The lowest BCUT2D eigenvalue weighted by molar-refractivity contribution is -0.118. The Kier molecular flexibility index (Phi) is 6.28. The van der Waals surface area contributed by atoms with Gasteiger partial charge in [0.15, 0.2) is 0 Å². The summed E-state index contributed by atoms with van der Waals surface area (Å²) in [7, 11) is -3.58. The molecule has 6 nitrogen and oxygen atoms in total. The Morgan fingerprint density at radius 2 is 1.74 bits per heavy atom. The van der Waals surface area contributed by atoms with Crippen LogP contribution < -0.4 is 9.80 Å². The normalized spacial score (nSPS) is 17.1. The number of carbonyl (C=O) groups is 1. The van der Waals surface area contributed by atoms with E-state index in [0.29, 0.717) is 55.5 Å². The molecule has 0 aliphatic carbocycles. The molecule has 0 saturated carbocycles. The third-order valence-corrected chi connectivity index (χ3v) is 8.23. The first-order chi connectivity index (χ1) is 14.8. The van der Waals surface area contributed by atoms with E-state index in [4.69, 9.17) is 11.6 Å². The van der Waals surface area contributed by atoms with Gasteiger partial charge in [-0.1, -0.05) is 24.6 Å². The van der Waals surface area contributed by atoms with Gasteiger partial charge in [-0.05, 0) is 61.2 Å². The molecule has 1 saturated heterocycles. The molecule has 0 spiro atoms. The van der Waals surface area contributed by atoms with Crippen LogP contribution in [0.1, 0.15) is 30.9 Å². The van der Waals surface area contributed by atoms with Crippen molar-refractivity contribution in [1.82, 2.24) is 4.31 Å². The van der Waals surface area contributed by atoms with Crippen LogP contribution in [-0.4, -0.2) is 51.4 Å². The Morgan fingerprint density at radius 3 is 2.45 bits per heavy atom. The topological polar surface area (TPSA) is 60.9 Å². The molecule has 0 N–H and O–H groups in total. The first-order valence-corrected chi connectivity index (χ1v) is 12.6. The molecule has 2 aromatic carbocycles. The SMILES string of the molecule is CCCC(=O)N1CCc2cc(S(=O)(=O)N3CCN(c4cc(Cl)ccc4C)CC3)ccc21. The van der Waals surface area contributed by atoms with Crippen molar-refractivity contribution in [2.24, 2.45) is 0 Å². The highest BCUT2D eigenvalue weighted by Crippen LogP contribution is 2.32. The number of rotatable bonds is 5. The minimum absolute atomic E-state index is 0.101. The molecule has 0 bridgehead atoms. The highest BCUT2D eigenvalue weighted by molar-refractivity contribution is 7.89. The Labute approximate surface area is 189 Å². The zero-order valence-corrected chi connectivity index (χ0v) is 19.5. The molecule has 0 radical (unpaired) electrons. The summed E-state index contributed by atoms with van der Waals surface area (Å²) >= 11 is 6.15. The van der Waals surface area contributed by atoms with E-state index in [0.717, 1.165) is 28.9 Å². The predicted molar refractivity (Wildman–Crippen MR) is 125 cm³/mol. The van der Waals surface area contributed by atoms with Gasteiger partial charge in [0.25, 0.3) is 0 Å². The molecule has 2 aliphatic heterocycles. The van der Waals surface area contributed by atoms with Crippen molar-refractivity contribution in [1.29, 1.82) is 0 Å². The molecule has 8 heteroatoms. The summed E-state index contributed by atoms with van der Waals surface area (Å²) < 4.78 is 28.1. The molecule has 31 heavy (non-hydrogen) atoms. The van der Waals surface area contributed by atoms with Crippen LogP contribution in [0.5, 0.6) is 0 Å². The number of aryl methyl sites for hydroxylation is 1. The summed E-state index contributed by atoms with van der Waals surface area (Å²) in [4.78, 5) is 16.6. The third kappa shape index (κ3) is 4.31. The zero-order valence-electron chi connectivity index (χ0n) is 18.0. The number of amides is 1. The molecule has 0 unspecified atom stereocenters. The van der Waals surface area contributed by atoms with E-state index >= 15 is 0 Å². The first-order valence-electron chi connectivity index (χ1n) is 10.8. The van der Waals surface area contributed by atoms with Crippen molar-refractivity contribution in [2.75, 3.05) is 42.5 Å². The van der Waals surface area contributed by atoms with Gasteiger partial charge in [-0.25, -0.2) is 8.42 Å². The van der Waals surface area contributed by atoms with Gasteiger partial charge in [-0.2, -0.15) is 4.31 Å². The van der Waals surface area contributed by atoms with E-state index in [1.807, 2.05) is 32.0 Å². The van der Waals surface area contributed by atoms with Gasteiger partial charge in [0.2, 0.25) is 15.9 Å². The molecule has 1 amide bonds. The summed E-state index contributed by atoms with van der Waals surface area (Å²) in [6.07, 6.45) is 2.00. The monoisotopic (exact) mass is 461 g/mol. The van der Waals surface area contributed by atoms with Gasteiger partial charge < -0.3 is 9.80 Å². The standard InChI is InChI=1S/C23H28ClN3O3S/c1-3-4-23(28)27-10-9-18-15-20(7-8-21(18)27)31(29,30)26-13-11-25(12-14-26)22-16-19(24)6-5-17(22)2/h5-8,15-16H,3-4,9-14H2,1-2H3. The molecule has 166 valence electrons. The van der Waals surface area contributed by atoms with E-state index in [1.165, 1.54) is 0 Å². The lowest BCUT2D eigenvalue weighted by Gasteiger charge is -2.36. The summed E-state index contributed by atoms with van der Waals surface area (Å²) in [6, 6.07) is 11.0. The van der Waals surface area contributed by atoms with Crippen molar-refractivity contribution < 1.29 is 13.2 Å². The number of piperazine rings is 1. The Bertz CT molecular complexity index is 1100. The number of fused-ring (bicyclic) bond motifs is 1. The second-order valence-electron chi connectivity index (χ2n) is 8.16. The Balaban J connectivity index is 1.49. The van der Waals surface area contributed by atoms with Gasteiger partial charge >= 0.3 is 0 Å². The van der Waals surface area contributed by atoms with Gasteiger partial charge in [0.05, 0.1) is 4.90 Å². The average Bonchev–Trinajstić information content (AvgIpc) is 3.19. The molecule has 2 aliphatic rings. The summed E-state index contributed by atoms with van der Waals surface area (Å²) in [5.74, 6) is 0.101. The van der Waals surface area contributed by atoms with Crippen LogP contribution in [0.3, 0.4) is 0 Å². The van der Waals surface area contributed by atoms with E-state index in [9.17, 15) is 13.2 Å². The number of benzene rings is 2. The van der Waals surface area contributed by atoms with Crippen molar-refractivity contribution in [2.45, 2.75) is 38.0 Å². The highest BCUT2D eigenvalue weighted by atomic mass is 35.5. The summed E-state index contributed by atoms with van der Waals surface area (Å²) in [6.45, 7) is 6.72. The maximum Gasteiger partial charge on any atom is 0.243 e. The van der Waals surface area contributed by atoms with Crippen molar-refractivity contribution in [3.05, 3.63) is 52.5 Å². The van der Waals surface area contributed by atoms with Gasteiger partial charge in [0.1, 0.15) is 0 Å². The van der Waals surface area contributed by atoms with Gasteiger partial charge in [0, 0.05) is 55.5 Å². The zero-order chi connectivity index (χ0) is 22.2. The van der Waals surface area contributed by atoms with Crippen molar-refractivity contribution in [3.63, 3.8) is 0 Å². The van der Waals surface area contributed by atoms with Crippen molar-refractivity contribution in [3.8, 4) is 0 Å². The van der Waals surface area contributed by atoms with Crippen LogP contribution in [0.15, 0.2) is 41.3 Å². The highest BCUT2D eigenvalue weighted by Gasteiger charge is 2.31. The molecule has 2 aromatic rings. The molecule has 2 heterocycles. The fourth-order valence-electron chi connectivity index (χ4n) is 4.39. The number of halogens is 1. The van der Waals surface area contributed by atoms with E-state index < -0.39 is 10.0 Å². The Hall–Kier alpha value is -2.09. The molecule has 0 atom stereocenters. The molecule has 1 fully saturated rings. The fourth-order valence-corrected chi connectivity index (χ4v) is 6.03. The van der Waals surface area contributed by atoms with Crippen LogP contribution in [0.2, 0.25) is 5.02 Å². The minimum atomic E-state index is -3.58. The van der Waals surface area contributed by atoms with Gasteiger partial charge in [-0.15, -0.1) is 0 Å². The Morgan fingerprint density at radius 1 is 1.00 bits per heavy atom. The number of anilines is 2. The largest absolute Gasteiger partial charge is 0.369 e. The maximum atomic E-state index is 13.3.